The van der Waals surface area contributed by atoms with Gasteiger partial charge in [-0.25, -0.2) is 0 Å². The second kappa shape index (κ2) is 5.40. The van der Waals surface area contributed by atoms with Crippen molar-refractivity contribution in [3.63, 3.8) is 0 Å². The summed E-state index contributed by atoms with van der Waals surface area (Å²) in [5.41, 5.74) is 2.55. The van der Waals surface area contributed by atoms with Crippen molar-refractivity contribution in [2.45, 2.75) is 19.8 Å². The number of hydrogen-bond donors (Lipinski definition) is 3. The van der Waals surface area contributed by atoms with Crippen LogP contribution in [0.5, 0.6) is 0 Å². The lowest BCUT2D eigenvalue weighted by molar-refractivity contribution is 0.797. The van der Waals surface area contributed by atoms with Crippen molar-refractivity contribution in [2.75, 3.05) is 0 Å². The number of nitrogens with zero attached hydrogens (tertiary/aromatic N) is 4. The molecule has 0 saturated carbocycles. The molecule has 3 heterocycles. The zero-order chi connectivity index (χ0) is 15.7. The van der Waals surface area contributed by atoms with Gasteiger partial charge in [0.1, 0.15) is 6.33 Å². The van der Waals surface area contributed by atoms with E-state index in [1.54, 1.807) is 18.3 Å². The molecule has 0 amide bonds. The van der Waals surface area contributed by atoms with Crippen LogP contribution >= 0.6 is 0 Å². The Kier molecular flexibility index (Phi) is 3.42. The van der Waals surface area contributed by atoms with E-state index in [9.17, 15) is 4.79 Å². The topological polar surface area (TPSA) is 116 Å². The van der Waals surface area contributed by atoms with Gasteiger partial charge in [-0.2, -0.15) is 19.7 Å². The molecular formula is C14H15N7O. The summed E-state index contributed by atoms with van der Waals surface area (Å²) in [6.07, 6.45) is 7.48. The Hall–Kier alpha value is -3.03. The Morgan fingerprint density at radius 1 is 1.41 bits per heavy atom. The summed E-state index contributed by atoms with van der Waals surface area (Å²) >= 11 is 0. The molecule has 0 aliphatic carbocycles. The molecule has 0 fully saturated rings. The van der Waals surface area contributed by atoms with Crippen molar-refractivity contribution in [1.82, 2.24) is 29.8 Å². The molecule has 0 radical (unpaired) electrons. The SMILES string of the molecule is CC(C)c1c(-c2cn[nH]c2/C=C\C=N)[nH]c2ncnn2c1=O. The first-order valence-corrected chi connectivity index (χ1v) is 6.80. The predicted octanol–water partition coefficient (Wildman–Crippen LogP) is 1.59. The van der Waals surface area contributed by atoms with Crippen molar-refractivity contribution in [3.05, 3.63) is 40.2 Å². The fourth-order valence-corrected chi connectivity index (χ4v) is 2.39. The van der Waals surface area contributed by atoms with Crippen molar-refractivity contribution in [2.24, 2.45) is 0 Å². The molecule has 0 saturated heterocycles. The minimum absolute atomic E-state index is 0.00168. The molecule has 8 nitrogen and oxygen atoms in total. The van der Waals surface area contributed by atoms with Crippen molar-refractivity contribution in [3.8, 4) is 11.3 Å². The Morgan fingerprint density at radius 2 is 2.23 bits per heavy atom. The molecule has 3 N–H and O–H groups in total. The first-order chi connectivity index (χ1) is 10.6. The third-order valence-corrected chi connectivity index (χ3v) is 3.35. The first kappa shape index (κ1) is 13.9. The Labute approximate surface area is 125 Å². The van der Waals surface area contributed by atoms with Crippen molar-refractivity contribution < 1.29 is 0 Å². The van der Waals surface area contributed by atoms with E-state index in [-0.39, 0.29) is 11.5 Å². The lowest BCUT2D eigenvalue weighted by Gasteiger charge is -2.11. The van der Waals surface area contributed by atoms with Crippen LogP contribution in [0.2, 0.25) is 0 Å². The highest BCUT2D eigenvalue weighted by Gasteiger charge is 2.19. The molecule has 0 bridgehead atoms. The number of fused-ring (bicyclic) bond motifs is 1. The Bertz CT molecular complexity index is 913. The fraction of sp³-hybridized carbons (Fsp3) is 0.214. The van der Waals surface area contributed by atoms with Gasteiger partial charge in [-0.15, -0.1) is 0 Å². The van der Waals surface area contributed by atoms with E-state index in [1.165, 1.54) is 17.1 Å². The molecule has 112 valence electrons. The monoisotopic (exact) mass is 297 g/mol. The van der Waals surface area contributed by atoms with E-state index in [1.807, 2.05) is 13.8 Å². The van der Waals surface area contributed by atoms with Crippen LogP contribution < -0.4 is 5.56 Å². The van der Waals surface area contributed by atoms with Crippen LogP contribution in [0, 0.1) is 5.41 Å². The summed E-state index contributed by atoms with van der Waals surface area (Å²) in [6.45, 7) is 3.90. The molecule has 3 rings (SSSR count). The van der Waals surface area contributed by atoms with Gasteiger partial charge < -0.3 is 10.4 Å². The number of allylic oxidation sites excluding steroid dienone is 1. The van der Waals surface area contributed by atoms with Gasteiger partial charge in [-0.1, -0.05) is 13.8 Å². The van der Waals surface area contributed by atoms with E-state index in [2.05, 4.69) is 25.3 Å². The maximum atomic E-state index is 12.6. The lowest BCUT2D eigenvalue weighted by Crippen LogP contribution is -2.22. The molecule has 0 aromatic carbocycles. The van der Waals surface area contributed by atoms with Crippen LogP contribution in [0.25, 0.3) is 23.1 Å². The third kappa shape index (κ3) is 2.14. The summed E-state index contributed by atoms with van der Waals surface area (Å²) in [7, 11) is 0. The Balaban J connectivity index is 2.33. The van der Waals surface area contributed by atoms with Crippen LogP contribution in [0.3, 0.4) is 0 Å². The van der Waals surface area contributed by atoms with Gasteiger partial charge in [-0.05, 0) is 18.1 Å². The Morgan fingerprint density at radius 3 is 2.95 bits per heavy atom. The number of nitrogens with one attached hydrogen (secondary N) is 3. The standard InChI is InChI=1S/C14H15N7O/c1-8(2)11-12(9-6-17-20-10(9)4-3-5-15)19-14-16-7-18-21(14)13(11)22/h3-8,15H,1-2H3,(H,17,20)(H,16,18,19)/b4-3-,15-5?. The second-order valence-corrected chi connectivity index (χ2v) is 5.09. The molecule has 0 atom stereocenters. The highest BCUT2D eigenvalue weighted by Crippen LogP contribution is 2.27. The molecule has 0 unspecified atom stereocenters. The summed E-state index contributed by atoms with van der Waals surface area (Å²) in [5.74, 6) is 0.384. The van der Waals surface area contributed by atoms with Gasteiger partial charge in [0.15, 0.2) is 0 Å². The molecule has 22 heavy (non-hydrogen) atoms. The number of hydrogen-bond acceptors (Lipinski definition) is 5. The number of aromatic nitrogens is 6. The van der Waals surface area contributed by atoms with Gasteiger partial charge >= 0.3 is 0 Å². The number of H-pyrrole nitrogens is 2. The minimum Gasteiger partial charge on any atom is -0.323 e. The van der Waals surface area contributed by atoms with Crippen LogP contribution in [-0.2, 0) is 0 Å². The van der Waals surface area contributed by atoms with E-state index in [0.717, 1.165) is 5.56 Å². The van der Waals surface area contributed by atoms with E-state index < -0.39 is 0 Å². The van der Waals surface area contributed by atoms with Gasteiger partial charge in [-0.3, -0.25) is 9.89 Å². The summed E-state index contributed by atoms with van der Waals surface area (Å²) in [4.78, 5) is 19.8. The number of rotatable bonds is 4. The van der Waals surface area contributed by atoms with Crippen LogP contribution in [0.4, 0.5) is 0 Å². The quantitative estimate of drug-likeness (QED) is 0.634. The van der Waals surface area contributed by atoms with Gasteiger partial charge in [0.2, 0.25) is 5.78 Å². The normalized spacial score (nSPS) is 11.8. The van der Waals surface area contributed by atoms with Crippen LogP contribution in [-0.4, -0.2) is 36.0 Å². The predicted molar refractivity (Wildman–Crippen MR) is 83.1 cm³/mol. The van der Waals surface area contributed by atoms with Crippen LogP contribution in [0.1, 0.15) is 31.0 Å². The summed E-state index contributed by atoms with van der Waals surface area (Å²) in [5, 5.41) is 17.9. The maximum absolute atomic E-state index is 12.6. The van der Waals surface area contributed by atoms with Gasteiger partial charge in [0, 0.05) is 17.3 Å². The third-order valence-electron chi connectivity index (χ3n) is 3.35. The van der Waals surface area contributed by atoms with Crippen LogP contribution in [0.15, 0.2) is 23.4 Å². The minimum atomic E-state index is -0.195. The molecule has 0 spiro atoms. The second-order valence-electron chi connectivity index (χ2n) is 5.09. The smallest absolute Gasteiger partial charge is 0.279 e. The highest BCUT2D eigenvalue weighted by atomic mass is 16.1. The largest absolute Gasteiger partial charge is 0.323 e. The average molecular weight is 297 g/mol. The molecule has 8 heteroatoms. The van der Waals surface area contributed by atoms with Crippen molar-refractivity contribution in [1.29, 1.82) is 5.41 Å². The molecule has 3 aromatic rings. The fourth-order valence-electron chi connectivity index (χ4n) is 2.39. The average Bonchev–Trinajstić information content (AvgIpc) is 3.13. The van der Waals surface area contributed by atoms with Gasteiger partial charge in [0.05, 0.1) is 17.6 Å². The molecule has 0 aliphatic heterocycles. The van der Waals surface area contributed by atoms with E-state index in [4.69, 9.17) is 5.41 Å². The highest BCUT2D eigenvalue weighted by molar-refractivity contribution is 5.80. The summed E-state index contributed by atoms with van der Waals surface area (Å²) < 4.78 is 1.26. The number of aromatic amines is 2. The molecular weight excluding hydrogens is 282 g/mol. The zero-order valence-corrected chi connectivity index (χ0v) is 12.2. The maximum Gasteiger partial charge on any atom is 0.279 e. The van der Waals surface area contributed by atoms with E-state index in [0.29, 0.717) is 22.7 Å². The lowest BCUT2D eigenvalue weighted by atomic mass is 9.98. The summed E-state index contributed by atoms with van der Waals surface area (Å²) in [6, 6.07) is 0. The van der Waals surface area contributed by atoms with Crippen molar-refractivity contribution >= 4 is 18.1 Å². The zero-order valence-electron chi connectivity index (χ0n) is 12.2. The van der Waals surface area contributed by atoms with Gasteiger partial charge in [0.25, 0.3) is 5.56 Å². The molecule has 3 aromatic heterocycles. The first-order valence-electron chi connectivity index (χ1n) is 6.80. The molecule has 0 aliphatic rings. The van der Waals surface area contributed by atoms with E-state index >= 15 is 0 Å².